The molecular formula is C22H28N4O3S2. The number of thioether (sulfide) groups is 1. The number of carbonyl (C=O) groups excluding carboxylic acids is 1. The van der Waals surface area contributed by atoms with Crippen molar-refractivity contribution < 1.29 is 13.2 Å². The van der Waals surface area contributed by atoms with Crippen molar-refractivity contribution in [3.63, 3.8) is 0 Å². The van der Waals surface area contributed by atoms with Gasteiger partial charge in [0.15, 0.2) is 0 Å². The quantitative estimate of drug-likeness (QED) is 0.457. The van der Waals surface area contributed by atoms with Gasteiger partial charge in [0, 0.05) is 45.5 Å². The number of benzene rings is 1. The molecule has 1 aliphatic rings. The Kier molecular flexibility index (Phi) is 8.25. The van der Waals surface area contributed by atoms with Crippen LogP contribution in [0.15, 0.2) is 71.2 Å². The summed E-state index contributed by atoms with van der Waals surface area (Å²) in [6, 6.07) is 13.4. The summed E-state index contributed by atoms with van der Waals surface area (Å²) in [5.41, 5.74) is 1.23. The first-order valence-corrected chi connectivity index (χ1v) is 12.5. The van der Waals surface area contributed by atoms with Gasteiger partial charge < -0.3 is 5.32 Å². The summed E-state index contributed by atoms with van der Waals surface area (Å²) in [6.45, 7) is 8.86. The molecule has 1 saturated heterocycles. The minimum absolute atomic E-state index is 0.114. The molecule has 0 bridgehead atoms. The van der Waals surface area contributed by atoms with Crippen molar-refractivity contribution in [3.05, 3.63) is 66.9 Å². The molecule has 2 heterocycles. The molecule has 1 N–H and O–H groups in total. The Hall–Kier alpha value is -2.20. The molecule has 31 heavy (non-hydrogen) atoms. The van der Waals surface area contributed by atoms with Gasteiger partial charge in [-0.05, 0) is 24.6 Å². The number of pyridine rings is 1. The standard InChI is InChI=1S/C22H28N4O3S2/c1-3-11-23-22(27)18(2)30-21-10-9-20(16-24-21)31(28,29)26-14-12-25(13-15-26)17-19-7-5-4-6-8-19/h3-10,16,18H,1,11-15,17H2,2H3,(H,23,27)/t18-/m1/s1. The zero-order valence-corrected chi connectivity index (χ0v) is 19.2. The van der Waals surface area contributed by atoms with Gasteiger partial charge >= 0.3 is 0 Å². The number of carbonyl (C=O) groups is 1. The van der Waals surface area contributed by atoms with Gasteiger partial charge in [-0.1, -0.05) is 48.2 Å². The van der Waals surface area contributed by atoms with Crippen LogP contribution in [0.25, 0.3) is 0 Å². The Labute approximate surface area is 188 Å². The average molecular weight is 461 g/mol. The lowest BCUT2D eigenvalue weighted by Crippen LogP contribution is -2.48. The molecule has 0 radical (unpaired) electrons. The van der Waals surface area contributed by atoms with E-state index >= 15 is 0 Å². The third kappa shape index (κ3) is 6.39. The van der Waals surface area contributed by atoms with Crippen LogP contribution in [-0.4, -0.2) is 66.5 Å². The zero-order valence-electron chi connectivity index (χ0n) is 17.6. The van der Waals surface area contributed by atoms with Gasteiger partial charge in [0.05, 0.1) is 10.3 Å². The van der Waals surface area contributed by atoms with Crippen molar-refractivity contribution in [1.82, 2.24) is 19.5 Å². The van der Waals surface area contributed by atoms with Gasteiger partial charge in [-0.15, -0.1) is 6.58 Å². The molecule has 1 aromatic carbocycles. The number of piperazine rings is 1. The predicted octanol–water partition coefficient (Wildman–Crippen LogP) is 2.37. The maximum Gasteiger partial charge on any atom is 0.244 e. The molecule has 0 unspecified atom stereocenters. The molecule has 1 aromatic heterocycles. The molecule has 0 aliphatic carbocycles. The molecular weight excluding hydrogens is 432 g/mol. The Morgan fingerprint density at radius 3 is 2.52 bits per heavy atom. The fourth-order valence-corrected chi connectivity index (χ4v) is 5.44. The van der Waals surface area contributed by atoms with Crippen LogP contribution >= 0.6 is 11.8 Å². The van der Waals surface area contributed by atoms with E-state index < -0.39 is 10.0 Å². The number of hydrogen-bond donors (Lipinski definition) is 1. The van der Waals surface area contributed by atoms with E-state index in [2.05, 4.69) is 33.9 Å². The highest BCUT2D eigenvalue weighted by atomic mass is 32.2. The minimum Gasteiger partial charge on any atom is -0.352 e. The van der Waals surface area contributed by atoms with Crippen LogP contribution in [-0.2, 0) is 21.4 Å². The Morgan fingerprint density at radius 2 is 1.90 bits per heavy atom. The highest BCUT2D eigenvalue weighted by Gasteiger charge is 2.29. The summed E-state index contributed by atoms with van der Waals surface area (Å²) < 4.78 is 27.5. The smallest absolute Gasteiger partial charge is 0.244 e. The van der Waals surface area contributed by atoms with Crippen LogP contribution in [0.2, 0.25) is 0 Å². The molecule has 1 atom stereocenters. The maximum absolute atomic E-state index is 13.0. The van der Waals surface area contributed by atoms with Crippen molar-refractivity contribution in [2.45, 2.75) is 28.6 Å². The van der Waals surface area contributed by atoms with E-state index in [9.17, 15) is 13.2 Å². The van der Waals surface area contributed by atoms with Gasteiger partial charge in [-0.25, -0.2) is 13.4 Å². The number of hydrogen-bond acceptors (Lipinski definition) is 6. The average Bonchev–Trinajstić information content (AvgIpc) is 2.79. The van der Waals surface area contributed by atoms with Crippen molar-refractivity contribution in [3.8, 4) is 0 Å². The maximum atomic E-state index is 13.0. The van der Waals surface area contributed by atoms with Crippen LogP contribution < -0.4 is 5.32 Å². The van der Waals surface area contributed by atoms with Gasteiger partial charge in [0.1, 0.15) is 4.90 Å². The number of nitrogens with zero attached hydrogens (tertiary/aromatic N) is 3. The fraction of sp³-hybridized carbons (Fsp3) is 0.364. The highest BCUT2D eigenvalue weighted by Crippen LogP contribution is 2.24. The largest absolute Gasteiger partial charge is 0.352 e. The van der Waals surface area contributed by atoms with Crippen LogP contribution in [0.4, 0.5) is 0 Å². The molecule has 166 valence electrons. The summed E-state index contributed by atoms with van der Waals surface area (Å²) in [5.74, 6) is -0.114. The van der Waals surface area contributed by atoms with E-state index in [-0.39, 0.29) is 16.1 Å². The predicted molar refractivity (Wildman–Crippen MR) is 123 cm³/mol. The lowest BCUT2D eigenvalue weighted by Gasteiger charge is -2.33. The topological polar surface area (TPSA) is 82.6 Å². The lowest BCUT2D eigenvalue weighted by molar-refractivity contribution is -0.120. The van der Waals surface area contributed by atoms with E-state index in [1.807, 2.05) is 18.2 Å². The van der Waals surface area contributed by atoms with Crippen molar-refractivity contribution >= 4 is 27.7 Å². The summed E-state index contributed by atoms with van der Waals surface area (Å²) in [6.07, 6.45) is 3.00. The molecule has 1 fully saturated rings. The Balaban J connectivity index is 1.56. The number of rotatable bonds is 9. The first-order valence-electron chi connectivity index (χ1n) is 10.2. The summed E-state index contributed by atoms with van der Waals surface area (Å²) in [7, 11) is -3.59. The molecule has 1 aliphatic heterocycles. The van der Waals surface area contributed by atoms with Crippen LogP contribution in [0.1, 0.15) is 12.5 Å². The fourth-order valence-electron chi connectivity index (χ4n) is 3.26. The van der Waals surface area contributed by atoms with Gasteiger partial charge in [0.2, 0.25) is 15.9 Å². The third-order valence-electron chi connectivity index (χ3n) is 5.01. The van der Waals surface area contributed by atoms with Gasteiger partial charge in [-0.3, -0.25) is 9.69 Å². The molecule has 0 saturated carbocycles. The highest BCUT2D eigenvalue weighted by molar-refractivity contribution is 8.00. The van der Waals surface area contributed by atoms with Crippen molar-refractivity contribution in [2.24, 2.45) is 0 Å². The van der Waals surface area contributed by atoms with Crippen molar-refractivity contribution in [2.75, 3.05) is 32.7 Å². The SMILES string of the molecule is C=CCNC(=O)[C@@H](C)Sc1ccc(S(=O)(=O)N2CCN(Cc3ccccc3)CC2)cn1. The molecule has 9 heteroatoms. The summed E-state index contributed by atoms with van der Waals surface area (Å²) in [4.78, 5) is 18.7. The van der Waals surface area contributed by atoms with E-state index in [1.54, 1.807) is 25.1 Å². The normalized spacial score (nSPS) is 16.5. The molecule has 0 spiro atoms. The number of aromatic nitrogens is 1. The second-order valence-corrected chi connectivity index (χ2v) is 10.6. The lowest BCUT2D eigenvalue weighted by atomic mass is 10.2. The summed E-state index contributed by atoms with van der Waals surface area (Å²) in [5, 5.41) is 3.00. The van der Waals surface area contributed by atoms with Crippen molar-refractivity contribution in [1.29, 1.82) is 0 Å². The summed E-state index contributed by atoms with van der Waals surface area (Å²) >= 11 is 1.29. The number of amides is 1. The first-order chi connectivity index (χ1) is 14.9. The van der Waals surface area contributed by atoms with Crippen LogP contribution in [0.5, 0.6) is 0 Å². The number of sulfonamides is 1. The van der Waals surface area contributed by atoms with Gasteiger partial charge in [-0.2, -0.15) is 4.31 Å². The first kappa shape index (κ1) is 23.5. The van der Waals surface area contributed by atoms with E-state index in [0.717, 1.165) is 6.54 Å². The molecule has 7 nitrogen and oxygen atoms in total. The Morgan fingerprint density at radius 1 is 1.19 bits per heavy atom. The van der Waals surface area contributed by atoms with Gasteiger partial charge in [0.25, 0.3) is 0 Å². The molecule has 2 aromatic rings. The van der Waals surface area contributed by atoms with Crippen LogP contribution in [0.3, 0.4) is 0 Å². The van der Waals surface area contributed by atoms with E-state index in [1.165, 1.54) is 27.8 Å². The molecule has 3 rings (SSSR count). The second-order valence-electron chi connectivity index (χ2n) is 7.29. The van der Waals surface area contributed by atoms with E-state index in [0.29, 0.717) is 37.7 Å². The molecule has 1 amide bonds. The minimum atomic E-state index is -3.59. The van der Waals surface area contributed by atoms with Crippen LogP contribution in [0, 0.1) is 0 Å². The van der Waals surface area contributed by atoms with E-state index in [4.69, 9.17) is 0 Å². The monoisotopic (exact) mass is 460 g/mol. The third-order valence-corrected chi connectivity index (χ3v) is 7.95. The zero-order chi connectivity index (χ0) is 22.3. The number of nitrogens with one attached hydrogen (secondary N) is 1. The Bertz CT molecular complexity index is 974. The second kappa shape index (κ2) is 10.9.